The number of allylic oxidation sites excluding steroid dienone is 2. The molecule has 0 aromatic heterocycles. The Morgan fingerprint density at radius 2 is 1.82 bits per heavy atom. The number of carbonyl (C=O) groups is 1. The number of carbonyl (C=O) groups excluding carboxylic acids is 1. The van der Waals surface area contributed by atoms with Crippen molar-refractivity contribution in [2.45, 2.75) is 109 Å². The van der Waals surface area contributed by atoms with Crippen LogP contribution in [0.3, 0.4) is 0 Å². The Kier molecular flexibility index (Phi) is 6.07. The van der Waals surface area contributed by atoms with Crippen LogP contribution in [0, 0.1) is 28.6 Å². The average molecular weight is 463 g/mol. The molecule has 0 saturated heterocycles. The van der Waals surface area contributed by atoms with Gasteiger partial charge in [0.05, 0.1) is 29.5 Å². The highest BCUT2D eigenvalue weighted by Gasteiger charge is 2.67. The first-order valence-electron chi connectivity index (χ1n) is 12.6. The first-order chi connectivity index (χ1) is 15.2. The summed E-state index contributed by atoms with van der Waals surface area (Å²) in [6.07, 6.45) is 4.19. The Hall–Kier alpha value is -1.05. The Bertz CT molecular complexity index is 874. The third-order valence-corrected chi connectivity index (χ3v) is 9.94. The van der Waals surface area contributed by atoms with Gasteiger partial charge in [-0.05, 0) is 80.9 Å². The molecule has 0 bridgehead atoms. The highest BCUT2D eigenvalue weighted by Crippen LogP contribution is 2.66. The second-order valence-electron chi connectivity index (χ2n) is 12.4. The van der Waals surface area contributed by atoms with Gasteiger partial charge in [0.1, 0.15) is 0 Å². The quantitative estimate of drug-likeness (QED) is 0.429. The standard InChI is InChI=1S/C27H42O6/c1-15(2)6-7-23(31)26(5,32)22-9-11-27(33)17-12-19(28)18-13-20(29)21(30)14-24(18,3)16(17)8-10-25(22,27)4/h8,12,15,18,20-23,29-33H,6-7,9-11,13-14H2,1-5H3/t18?,20-,21+,22?,23-,24?,25?,26-,27-/m1/s1. The molecule has 0 spiro atoms. The zero-order valence-corrected chi connectivity index (χ0v) is 20.7. The van der Waals surface area contributed by atoms with Gasteiger partial charge in [-0.15, -0.1) is 0 Å². The van der Waals surface area contributed by atoms with Gasteiger partial charge in [0, 0.05) is 16.7 Å². The fraction of sp³-hybridized carbons (Fsp3) is 0.815. The molecule has 0 aliphatic heterocycles. The monoisotopic (exact) mass is 462 g/mol. The van der Waals surface area contributed by atoms with Crippen LogP contribution in [-0.2, 0) is 4.79 Å². The van der Waals surface area contributed by atoms with Crippen LogP contribution in [-0.4, -0.2) is 60.8 Å². The van der Waals surface area contributed by atoms with Crippen molar-refractivity contribution < 1.29 is 30.3 Å². The molecule has 6 nitrogen and oxygen atoms in total. The maximum atomic E-state index is 13.2. The molecule has 4 rings (SSSR count). The van der Waals surface area contributed by atoms with E-state index >= 15 is 0 Å². The van der Waals surface area contributed by atoms with Crippen LogP contribution >= 0.6 is 0 Å². The third-order valence-electron chi connectivity index (χ3n) is 9.94. The van der Waals surface area contributed by atoms with Gasteiger partial charge in [0.25, 0.3) is 0 Å². The van der Waals surface area contributed by atoms with E-state index in [4.69, 9.17) is 0 Å². The van der Waals surface area contributed by atoms with Gasteiger partial charge >= 0.3 is 0 Å². The summed E-state index contributed by atoms with van der Waals surface area (Å²) in [5.74, 6) is -0.448. The first kappa shape index (κ1) is 25.1. The van der Waals surface area contributed by atoms with Crippen molar-refractivity contribution >= 4 is 5.78 Å². The number of hydrogen-bond donors (Lipinski definition) is 5. The van der Waals surface area contributed by atoms with Crippen LogP contribution in [0.4, 0.5) is 0 Å². The highest BCUT2D eigenvalue weighted by atomic mass is 16.3. The minimum atomic E-state index is -1.36. The Balaban J connectivity index is 1.72. The van der Waals surface area contributed by atoms with Gasteiger partial charge in [-0.2, -0.15) is 0 Å². The van der Waals surface area contributed by atoms with Crippen LogP contribution in [0.1, 0.15) is 79.6 Å². The number of aliphatic hydroxyl groups excluding tert-OH is 3. The van der Waals surface area contributed by atoms with Crippen LogP contribution in [0.5, 0.6) is 0 Å². The van der Waals surface area contributed by atoms with Gasteiger partial charge in [0.15, 0.2) is 5.78 Å². The van der Waals surface area contributed by atoms with Crippen LogP contribution in [0.2, 0.25) is 0 Å². The maximum Gasteiger partial charge on any atom is 0.160 e. The van der Waals surface area contributed by atoms with Gasteiger partial charge in [-0.3, -0.25) is 4.79 Å². The molecule has 0 amide bonds. The van der Waals surface area contributed by atoms with Crippen molar-refractivity contribution in [2.24, 2.45) is 28.6 Å². The molecular formula is C27H42O6. The van der Waals surface area contributed by atoms with Crippen LogP contribution in [0.25, 0.3) is 0 Å². The minimum absolute atomic E-state index is 0.111. The van der Waals surface area contributed by atoms with Gasteiger partial charge in [0.2, 0.25) is 0 Å². The van der Waals surface area contributed by atoms with Crippen molar-refractivity contribution in [1.82, 2.24) is 0 Å². The molecule has 2 saturated carbocycles. The van der Waals surface area contributed by atoms with Crippen LogP contribution in [0.15, 0.2) is 23.3 Å². The molecule has 9 atom stereocenters. The summed E-state index contributed by atoms with van der Waals surface area (Å²) < 4.78 is 0. The molecule has 4 unspecified atom stereocenters. The van der Waals surface area contributed by atoms with E-state index in [-0.39, 0.29) is 24.5 Å². The van der Waals surface area contributed by atoms with E-state index in [1.165, 1.54) is 0 Å². The summed E-state index contributed by atoms with van der Waals surface area (Å²) in [4.78, 5) is 13.2. The molecule has 186 valence electrons. The maximum absolute atomic E-state index is 13.2. The fourth-order valence-electron chi connectivity index (χ4n) is 7.68. The lowest BCUT2D eigenvalue weighted by Gasteiger charge is -2.57. The second kappa shape index (κ2) is 7.99. The number of aliphatic hydroxyl groups is 5. The summed E-state index contributed by atoms with van der Waals surface area (Å²) >= 11 is 0. The SMILES string of the molecule is CC(C)CC[C@@H](O)[C@](C)(O)C1CC[C@@]2(O)C3=CC(=O)C4C[C@@H](O)[C@@H](O)CC4(C)C3=CCC12C. The van der Waals surface area contributed by atoms with Gasteiger partial charge in [-0.1, -0.05) is 33.8 Å². The van der Waals surface area contributed by atoms with Crippen LogP contribution < -0.4 is 0 Å². The van der Waals surface area contributed by atoms with Gasteiger partial charge in [-0.25, -0.2) is 0 Å². The number of ketones is 1. The van der Waals surface area contributed by atoms with E-state index in [9.17, 15) is 30.3 Å². The lowest BCUT2D eigenvalue weighted by atomic mass is 9.49. The summed E-state index contributed by atoms with van der Waals surface area (Å²) in [5, 5.41) is 55.3. The van der Waals surface area contributed by atoms with Crippen molar-refractivity contribution in [2.75, 3.05) is 0 Å². The summed E-state index contributed by atoms with van der Waals surface area (Å²) in [5.41, 5.74) is -2.53. The largest absolute Gasteiger partial charge is 0.390 e. The minimum Gasteiger partial charge on any atom is -0.390 e. The first-order valence-corrected chi connectivity index (χ1v) is 12.6. The molecule has 0 aromatic carbocycles. The molecule has 0 aromatic rings. The molecule has 0 heterocycles. The van der Waals surface area contributed by atoms with E-state index in [1.807, 2.05) is 13.8 Å². The average Bonchev–Trinajstić information content (AvgIpc) is 3.00. The van der Waals surface area contributed by atoms with Crippen molar-refractivity contribution in [3.05, 3.63) is 23.3 Å². The second-order valence-corrected chi connectivity index (χ2v) is 12.4. The molecule has 5 N–H and O–H groups in total. The molecule has 0 radical (unpaired) electrons. The smallest absolute Gasteiger partial charge is 0.160 e. The number of fused-ring (bicyclic) bond motifs is 5. The molecule has 4 aliphatic carbocycles. The molecule has 33 heavy (non-hydrogen) atoms. The molecule has 2 fully saturated rings. The fourth-order valence-corrected chi connectivity index (χ4v) is 7.68. The summed E-state index contributed by atoms with van der Waals surface area (Å²) in [7, 11) is 0. The van der Waals surface area contributed by atoms with E-state index in [1.54, 1.807) is 13.0 Å². The molecule has 6 heteroatoms. The Labute approximate surface area is 197 Å². The van der Waals surface area contributed by atoms with Gasteiger partial charge < -0.3 is 25.5 Å². The van der Waals surface area contributed by atoms with E-state index in [0.29, 0.717) is 37.2 Å². The predicted octanol–water partition coefficient (Wildman–Crippen LogP) is 2.66. The topological polar surface area (TPSA) is 118 Å². The summed E-state index contributed by atoms with van der Waals surface area (Å²) in [6.45, 7) is 9.81. The molecule has 4 aliphatic rings. The highest BCUT2D eigenvalue weighted by molar-refractivity contribution is 5.97. The Morgan fingerprint density at radius 1 is 1.15 bits per heavy atom. The Morgan fingerprint density at radius 3 is 2.45 bits per heavy atom. The lowest BCUT2D eigenvalue weighted by molar-refractivity contribution is -0.155. The van der Waals surface area contributed by atoms with Crippen molar-refractivity contribution in [3.8, 4) is 0 Å². The lowest BCUT2D eigenvalue weighted by Crippen LogP contribution is -2.60. The number of rotatable bonds is 5. The van der Waals surface area contributed by atoms with E-state index in [0.717, 1.165) is 12.0 Å². The summed E-state index contributed by atoms with van der Waals surface area (Å²) in [6, 6.07) is 0. The predicted molar refractivity (Wildman–Crippen MR) is 125 cm³/mol. The van der Waals surface area contributed by atoms with Crippen molar-refractivity contribution in [3.63, 3.8) is 0 Å². The van der Waals surface area contributed by atoms with Crippen molar-refractivity contribution in [1.29, 1.82) is 0 Å². The third kappa shape index (κ3) is 3.51. The zero-order valence-electron chi connectivity index (χ0n) is 20.7. The number of hydrogen-bond acceptors (Lipinski definition) is 6. The normalized spacial score (nSPS) is 45.5. The van der Waals surface area contributed by atoms with E-state index < -0.39 is 46.3 Å². The molecular weight excluding hydrogens is 420 g/mol. The zero-order chi connectivity index (χ0) is 24.6. The van der Waals surface area contributed by atoms with E-state index in [2.05, 4.69) is 19.9 Å².